The molecule has 1 atom stereocenters. The fourth-order valence-electron chi connectivity index (χ4n) is 1.08. The van der Waals surface area contributed by atoms with Gasteiger partial charge in [0.25, 0.3) is 0 Å². The highest BCUT2D eigenvalue weighted by atomic mass is 32.2. The summed E-state index contributed by atoms with van der Waals surface area (Å²) >= 11 is 0. The zero-order valence-corrected chi connectivity index (χ0v) is 10.3. The van der Waals surface area contributed by atoms with Crippen LogP contribution in [0.2, 0.25) is 0 Å². The molecule has 0 spiro atoms. The third kappa shape index (κ3) is 3.94. The standard InChI is InChI=1S/C9H22N2O2S/c1-8(2)9(3)11(4)14(12,13)7-5-6-10/h8-9H,5-7,10H2,1-4H3. The fourth-order valence-corrected chi connectivity index (χ4v) is 2.65. The Balaban J connectivity index is 4.42. The van der Waals surface area contributed by atoms with Crippen LogP contribution in [0, 0.1) is 5.92 Å². The average Bonchev–Trinajstić information content (AvgIpc) is 2.12. The first-order valence-electron chi connectivity index (χ1n) is 4.98. The summed E-state index contributed by atoms with van der Waals surface area (Å²) in [6.45, 7) is 6.37. The summed E-state index contributed by atoms with van der Waals surface area (Å²) in [4.78, 5) is 0. The van der Waals surface area contributed by atoms with Crippen molar-refractivity contribution in [3.63, 3.8) is 0 Å². The van der Waals surface area contributed by atoms with Gasteiger partial charge in [-0.05, 0) is 25.8 Å². The highest BCUT2D eigenvalue weighted by molar-refractivity contribution is 7.89. The molecule has 0 aromatic carbocycles. The van der Waals surface area contributed by atoms with E-state index in [0.717, 1.165) is 0 Å². The van der Waals surface area contributed by atoms with Crippen LogP contribution in [0.5, 0.6) is 0 Å². The highest BCUT2D eigenvalue weighted by Gasteiger charge is 2.24. The van der Waals surface area contributed by atoms with E-state index in [-0.39, 0.29) is 11.8 Å². The predicted molar refractivity (Wildman–Crippen MR) is 59.5 cm³/mol. The van der Waals surface area contributed by atoms with Gasteiger partial charge in [-0.1, -0.05) is 13.8 Å². The Hall–Kier alpha value is -0.130. The summed E-state index contributed by atoms with van der Waals surface area (Å²) in [5.41, 5.74) is 5.29. The maximum atomic E-state index is 11.7. The SMILES string of the molecule is CC(C)C(C)N(C)S(=O)(=O)CCCN. The van der Waals surface area contributed by atoms with Crippen LogP contribution in [0.4, 0.5) is 0 Å². The largest absolute Gasteiger partial charge is 0.330 e. The molecular weight excluding hydrogens is 200 g/mol. The second kappa shape index (κ2) is 5.68. The van der Waals surface area contributed by atoms with Crippen LogP contribution < -0.4 is 5.73 Å². The molecule has 86 valence electrons. The summed E-state index contributed by atoms with van der Waals surface area (Å²) in [5, 5.41) is 0. The molecule has 0 radical (unpaired) electrons. The van der Waals surface area contributed by atoms with Crippen molar-refractivity contribution in [2.24, 2.45) is 11.7 Å². The van der Waals surface area contributed by atoms with Crippen LogP contribution in [-0.2, 0) is 10.0 Å². The maximum absolute atomic E-state index is 11.7. The van der Waals surface area contributed by atoms with Gasteiger partial charge in [0, 0.05) is 13.1 Å². The van der Waals surface area contributed by atoms with Crippen molar-refractivity contribution in [1.29, 1.82) is 0 Å². The Morgan fingerprint density at radius 2 is 1.79 bits per heavy atom. The van der Waals surface area contributed by atoms with Gasteiger partial charge in [-0.25, -0.2) is 12.7 Å². The van der Waals surface area contributed by atoms with E-state index in [0.29, 0.717) is 18.9 Å². The Labute approximate surface area is 87.5 Å². The number of sulfonamides is 1. The van der Waals surface area contributed by atoms with Gasteiger partial charge in [0.05, 0.1) is 5.75 Å². The molecule has 0 aromatic rings. The van der Waals surface area contributed by atoms with Crippen LogP contribution in [-0.4, -0.2) is 38.1 Å². The minimum atomic E-state index is -3.11. The van der Waals surface area contributed by atoms with Crippen molar-refractivity contribution >= 4 is 10.0 Å². The van der Waals surface area contributed by atoms with Crippen molar-refractivity contribution in [3.8, 4) is 0 Å². The zero-order chi connectivity index (χ0) is 11.4. The molecule has 0 rings (SSSR count). The molecule has 0 amide bonds. The summed E-state index contributed by atoms with van der Waals surface area (Å²) in [7, 11) is -1.48. The number of rotatable bonds is 6. The van der Waals surface area contributed by atoms with Gasteiger partial charge in [0.2, 0.25) is 10.0 Å². The van der Waals surface area contributed by atoms with E-state index >= 15 is 0 Å². The number of hydrogen-bond donors (Lipinski definition) is 1. The summed E-state index contributed by atoms with van der Waals surface area (Å²) in [5.74, 6) is 0.476. The van der Waals surface area contributed by atoms with Crippen molar-refractivity contribution < 1.29 is 8.42 Å². The van der Waals surface area contributed by atoms with Crippen molar-refractivity contribution in [2.45, 2.75) is 33.2 Å². The second-order valence-corrected chi connectivity index (χ2v) is 6.11. The Bertz CT molecular complexity index is 250. The molecule has 2 N–H and O–H groups in total. The van der Waals surface area contributed by atoms with Crippen molar-refractivity contribution in [2.75, 3.05) is 19.3 Å². The van der Waals surface area contributed by atoms with Crippen molar-refractivity contribution in [1.82, 2.24) is 4.31 Å². The molecule has 0 heterocycles. The minimum absolute atomic E-state index is 0.0396. The van der Waals surface area contributed by atoms with Gasteiger partial charge in [-0.3, -0.25) is 0 Å². The first-order valence-corrected chi connectivity index (χ1v) is 6.59. The molecule has 0 aliphatic rings. The lowest BCUT2D eigenvalue weighted by Crippen LogP contribution is -2.39. The van der Waals surface area contributed by atoms with Crippen LogP contribution in [0.3, 0.4) is 0 Å². The summed E-state index contributed by atoms with van der Waals surface area (Å²) in [6.07, 6.45) is 0.525. The lowest BCUT2D eigenvalue weighted by Gasteiger charge is -2.27. The smallest absolute Gasteiger partial charge is 0.214 e. The van der Waals surface area contributed by atoms with Crippen LogP contribution in [0.15, 0.2) is 0 Å². The topological polar surface area (TPSA) is 63.4 Å². The average molecular weight is 222 g/mol. The molecule has 0 aliphatic carbocycles. The first kappa shape index (κ1) is 13.9. The lowest BCUT2D eigenvalue weighted by atomic mass is 10.1. The molecule has 14 heavy (non-hydrogen) atoms. The van der Waals surface area contributed by atoms with E-state index in [4.69, 9.17) is 5.73 Å². The Morgan fingerprint density at radius 3 is 2.14 bits per heavy atom. The molecule has 1 unspecified atom stereocenters. The van der Waals surface area contributed by atoms with E-state index in [9.17, 15) is 8.42 Å². The predicted octanol–water partition coefficient (Wildman–Crippen LogP) is 0.641. The molecule has 0 saturated heterocycles. The number of nitrogens with zero attached hydrogens (tertiary/aromatic N) is 1. The molecule has 0 saturated carbocycles. The molecule has 0 aromatic heterocycles. The molecule has 0 fully saturated rings. The minimum Gasteiger partial charge on any atom is -0.330 e. The normalized spacial score (nSPS) is 15.1. The quantitative estimate of drug-likeness (QED) is 0.717. The molecule has 0 bridgehead atoms. The number of hydrogen-bond acceptors (Lipinski definition) is 3. The highest BCUT2D eigenvalue weighted by Crippen LogP contribution is 2.12. The van der Waals surface area contributed by atoms with Gasteiger partial charge in [0.1, 0.15) is 0 Å². The summed E-state index contributed by atoms with van der Waals surface area (Å²) in [6, 6.07) is 0.0396. The van der Waals surface area contributed by atoms with Crippen LogP contribution >= 0.6 is 0 Å². The van der Waals surface area contributed by atoms with Gasteiger partial charge in [-0.2, -0.15) is 0 Å². The summed E-state index contributed by atoms with van der Waals surface area (Å²) < 4.78 is 24.9. The zero-order valence-electron chi connectivity index (χ0n) is 9.53. The van der Waals surface area contributed by atoms with Gasteiger partial charge in [0.15, 0.2) is 0 Å². The molecule has 5 heteroatoms. The first-order chi connectivity index (χ1) is 6.33. The van der Waals surface area contributed by atoms with Crippen LogP contribution in [0.25, 0.3) is 0 Å². The van der Waals surface area contributed by atoms with E-state index in [1.54, 1.807) is 7.05 Å². The van der Waals surface area contributed by atoms with E-state index in [1.807, 2.05) is 20.8 Å². The van der Waals surface area contributed by atoms with Gasteiger partial charge >= 0.3 is 0 Å². The third-order valence-corrected chi connectivity index (χ3v) is 4.60. The number of nitrogens with two attached hydrogens (primary N) is 1. The Kier molecular flexibility index (Phi) is 5.63. The van der Waals surface area contributed by atoms with Gasteiger partial charge in [-0.15, -0.1) is 0 Å². The fraction of sp³-hybridized carbons (Fsp3) is 1.00. The van der Waals surface area contributed by atoms with Crippen LogP contribution in [0.1, 0.15) is 27.2 Å². The molecule has 4 nitrogen and oxygen atoms in total. The molecule has 0 aliphatic heterocycles. The third-order valence-electron chi connectivity index (χ3n) is 2.58. The van der Waals surface area contributed by atoms with E-state index in [2.05, 4.69) is 0 Å². The lowest BCUT2D eigenvalue weighted by molar-refractivity contribution is 0.315. The van der Waals surface area contributed by atoms with E-state index < -0.39 is 10.0 Å². The molecular formula is C9H22N2O2S. The maximum Gasteiger partial charge on any atom is 0.214 e. The second-order valence-electron chi connectivity index (χ2n) is 3.96. The van der Waals surface area contributed by atoms with E-state index in [1.165, 1.54) is 4.31 Å². The van der Waals surface area contributed by atoms with Gasteiger partial charge < -0.3 is 5.73 Å². The Morgan fingerprint density at radius 1 is 1.29 bits per heavy atom. The van der Waals surface area contributed by atoms with Crippen molar-refractivity contribution in [3.05, 3.63) is 0 Å². The monoisotopic (exact) mass is 222 g/mol.